The summed E-state index contributed by atoms with van der Waals surface area (Å²) in [7, 11) is 0. The first-order valence-corrected chi connectivity index (χ1v) is 8.41. The Labute approximate surface area is 128 Å². The van der Waals surface area contributed by atoms with E-state index in [-0.39, 0.29) is 0 Å². The largest absolute Gasteiger partial charge is 0.355 e. The Morgan fingerprint density at radius 3 is 2.76 bits per heavy atom. The fourth-order valence-corrected chi connectivity index (χ4v) is 3.90. The molecule has 0 radical (unpaired) electrons. The molecule has 2 aliphatic heterocycles. The van der Waals surface area contributed by atoms with Gasteiger partial charge in [-0.2, -0.15) is 5.10 Å². The summed E-state index contributed by atoms with van der Waals surface area (Å²) in [6, 6.07) is 4.92. The van der Waals surface area contributed by atoms with E-state index in [1.165, 1.54) is 38.8 Å². The van der Waals surface area contributed by atoms with E-state index < -0.39 is 0 Å². The minimum Gasteiger partial charge on any atom is -0.355 e. The van der Waals surface area contributed by atoms with Gasteiger partial charge in [0.1, 0.15) is 0 Å². The van der Waals surface area contributed by atoms with Gasteiger partial charge in [-0.1, -0.05) is 6.92 Å². The van der Waals surface area contributed by atoms with Gasteiger partial charge in [-0.05, 0) is 58.2 Å². The Morgan fingerprint density at radius 1 is 1.19 bits per heavy atom. The molecule has 0 aliphatic carbocycles. The SMILES string of the molecule is CC[C@H](C)N1CC[C@@]2(CCCN(c3ccc(C)nn3)C2)C1. The second kappa shape index (κ2) is 5.91. The third kappa shape index (κ3) is 3.05. The highest BCUT2D eigenvalue weighted by atomic mass is 15.3. The molecular weight excluding hydrogens is 260 g/mol. The Balaban J connectivity index is 1.70. The number of piperidine rings is 1. The summed E-state index contributed by atoms with van der Waals surface area (Å²) in [6.45, 7) is 11.5. The number of hydrogen-bond donors (Lipinski definition) is 0. The minimum atomic E-state index is 0.480. The third-order valence-electron chi connectivity index (χ3n) is 5.45. The third-order valence-corrected chi connectivity index (χ3v) is 5.45. The van der Waals surface area contributed by atoms with Gasteiger partial charge in [0.25, 0.3) is 0 Å². The maximum Gasteiger partial charge on any atom is 0.151 e. The van der Waals surface area contributed by atoms with Crippen LogP contribution in [0.1, 0.15) is 45.2 Å². The van der Waals surface area contributed by atoms with Crippen LogP contribution in [0.4, 0.5) is 5.82 Å². The first kappa shape index (κ1) is 14.8. The summed E-state index contributed by atoms with van der Waals surface area (Å²) < 4.78 is 0. The molecule has 2 aliphatic rings. The average Bonchev–Trinajstić information content (AvgIpc) is 2.91. The van der Waals surface area contributed by atoms with Gasteiger partial charge in [0.15, 0.2) is 5.82 Å². The van der Waals surface area contributed by atoms with E-state index >= 15 is 0 Å². The molecule has 1 spiro atoms. The van der Waals surface area contributed by atoms with Crippen LogP contribution in [0.2, 0.25) is 0 Å². The van der Waals surface area contributed by atoms with Gasteiger partial charge in [0, 0.05) is 31.1 Å². The molecule has 0 unspecified atom stereocenters. The molecule has 3 rings (SSSR count). The lowest BCUT2D eigenvalue weighted by Gasteiger charge is -2.41. The number of aryl methyl sites for hydroxylation is 1. The first-order valence-electron chi connectivity index (χ1n) is 8.41. The molecule has 0 amide bonds. The summed E-state index contributed by atoms with van der Waals surface area (Å²) in [6.07, 6.45) is 5.25. The number of anilines is 1. The number of likely N-dealkylation sites (tertiary alicyclic amines) is 1. The number of nitrogens with zero attached hydrogens (tertiary/aromatic N) is 4. The highest BCUT2D eigenvalue weighted by molar-refractivity contribution is 5.38. The van der Waals surface area contributed by atoms with E-state index in [0.717, 1.165) is 30.6 Å². The van der Waals surface area contributed by atoms with Crippen LogP contribution in [0.15, 0.2) is 12.1 Å². The molecule has 4 nitrogen and oxygen atoms in total. The first-order chi connectivity index (χ1) is 10.1. The Kier molecular flexibility index (Phi) is 4.16. The Morgan fingerprint density at radius 2 is 2.05 bits per heavy atom. The topological polar surface area (TPSA) is 32.3 Å². The highest BCUT2D eigenvalue weighted by Gasteiger charge is 2.42. The molecule has 2 saturated heterocycles. The highest BCUT2D eigenvalue weighted by Crippen LogP contribution is 2.40. The van der Waals surface area contributed by atoms with Crippen LogP contribution < -0.4 is 4.90 Å². The quantitative estimate of drug-likeness (QED) is 0.856. The van der Waals surface area contributed by atoms with Crippen molar-refractivity contribution in [2.75, 3.05) is 31.1 Å². The summed E-state index contributed by atoms with van der Waals surface area (Å²) in [4.78, 5) is 5.14. The zero-order chi connectivity index (χ0) is 14.9. The fraction of sp³-hybridized carbons (Fsp3) is 0.765. The molecule has 21 heavy (non-hydrogen) atoms. The van der Waals surface area contributed by atoms with Crippen molar-refractivity contribution < 1.29 is 0 Å². The van der Waals surface area contributed by atoms with E-state index in [9.17, 15) is 0 Å². The van der Waals surface area contributed by atoms with Crippen molar-refractivity contribution in [1.29, 1.82) is 0 Å². The van der Waals surface area contributed by atoms with Crippen LogP contribution in [0.3, 0.4) is 0 Å². The molecule has 3 heterocycles. The number of aromatic nitrogens is 2. The number of hydrogen-bond acceptors (Lipinski definition) is 4. The lowest BCUT2D eigenvalue weighted by molar-refractivity contribution is 0.188. The van der Waals surface area contributed by atoms with Crippen LogP contribution >= 0.6 is 0 Å². The van der Waals surface area contributed by atoms with E-state index in [2.05, 4.69) is 46.0 Å². The second-order valence-corrected chi connectivity index (χ2v) is 7.04. The molecule has 0 bridgehead atoms. The molecular formula is C17H28N4. The number of rotatable bonds is 3. The standard InChI is InChI=1S/C17H28N4/c1-4-15(3)20-11-9-17(12-20)8-5-10-21(13-17)16-7-6-14(2)18-19-16/h6-7,15H,4-5,8-13H2,1-3H3/t15-,17-/m0/s1. The van der Waals surface area contributed by atoms with E-state index in [1.807, 2.05) is 6.92 Å². The Bertz CT molecular complexity index is 472. The van der Waals surface area contributed by atoms with Crippen LogP contribution in [0.5, 0.6) is 0 Å². The van der Waals surface area contributed by atoms with Gasteiger partial charge in [-0.25, -0.2) is 0 Å². The molecule has 2 fully saturated rings. The van der Waals surface area contributed by atoms with E-state index in [1.54, 1.807) is 0 Å². The van der Waals surface area contributed by atoms with Gasteiger partial charge in [0.2, 0.25) is 0 Å². The normalized spacial score (nSPS) is 28.2. The molecule has 116 valence electrons. The summed E-state index contributed by atoms with van der Waals surface area (Å²) >= 11 is 0. The van der Waals surface area contributed by atoms with Gasteiger partial charge in [0.05, 0.1) is 5.69 Å². The zero-order valence-corrected chi connectivity index (χ0v) is 13.7. The van der Waals surface area contributed by atoms with Crippen LogP contribution in [0.25, 0.3) is 0 Å². The molecule has 4 heteroatoms. The van der Waals surface area contributed by atoms with Crippen molar-refractivity contribution in [3.05, 3.63) is 17.8 Å². The van der Waals surface area contributed by atoms with Crippen molar-refractivity contribution in [3.63, 3.8) is 0 Å². The van der Waals surface area contributed by atoms with Crippen LogP contribution in [0, 0.1) is 12.3 Å². The van der Waals surface area contributed by atoms with E-state index in [0.29, 0.717) is 5.41 Å². The van der Waals surface area contributed by atoms with Crippen LogP contribution in [-0.4, -0.2) is 47.3 Å². The van der Waals surface area contributed by atoms with E-state index in [4.69, 9.17) is 0 Å². The summed E-state index contributed by atoms with van der Waals surface area (Å²) in [5, 5.41) is 8.61. The fourth-order valence-electron chi connectivity index (χ4n) is 3.90. The molecule has 1 aromatic rings. The monoisotopic (exact) mass is 288 g/mol. The summed E-state index contributed by atoms with van der Waals surface area (Å²) in [5.41, 5.74) is 1.48. The van der Waals surface area contributed by atoms with Crippen molar-refractivity contribution in [1.82, 2.24) is 15.1 Å². The molecule has 0 N–H and O–H groups in total. The van der Waals surface area contributed by atoms with Crippen molar-refractivity contribution in [3.8, 4) is 0 Å². The lowest BCUT2D eigenvalue weighted by Crippen LogP contribution is -2.46. The molecule has 1 aromatic heterocycles. The maximum absolute atomic E-state index is 4.39. The smallest absolute Gasteiger partial charge is 0.151 e. The minimum absolute atomic E-state index is 0.480. The van der Waals surface area contributed by atoms with Gasteiger partial charge >= 0.3 is 0 Å². The zero-order valence-electron chi connectivity index (χ0n) is 13.7. The predicted molar refractivity (Wildman–Crippen MR) is 86.6 cm³/mol. The lowest BCUT2D eigenvalue weighted by atomic mass is 9.79. The van der Waals surface area contributed by atoms with Crippen molar-refractivity contribution in [2.45, 2.75) is 52.5 Å². The molecule has 0 saturated carbocycles. The maximum atomic E-state index is 4.39. The van der Waals surface area contributed by atoms with Gasteiger partial charge in [-0.15, -0.1) is 5.10 Å². The van der Waals surface area contributed by atoms with Crippen molar-refractivity contribution in [2.24, 2.45) is 5.41 Å². The van der Waals surface area contributed by atoms with Crippen molar-refractivity contribution >= 4 is 5.82 Å². The van der Waals surface area contributed by atoms with Gasteiger partial charge < -0.3 is 9.80 Å². The summed E-state index contributed by atoms with van der Waals surface area (Å²) in [5.74, 6) is 1.06. The molecule has 0 aromatic carbocycles. The predicted octanol–water partition coefficient (Wildman–Crippen LogP) is 2.88. The molecule has 2 atom stereocenters. The Hall–Kier alpha value is -1.16. The second-order valence-electron chi connectivity index (χ2n) is 7.04. The average molecular weight is 288 g/mol. The van der Waals surface area contributed by atoms with Crippen LogP contribution in [-0.2, 0) is 0 Å². The van der Waals surface area contributed by atoms with Gasteiger partial charge in [-0.3, -0.25) is 0 Å².